The quantitative estimate of drug-likeness (QED) is 0.691. The van der Waals surface area contributed by atoms with Gasteiger partial charge in [-0.1, -0.05) is 12.8 Å². The van der Waals surface area contributed by atoms with E-state index in [0.29, 0.717) is 44.1 Å². The SMILES string of the molecule is NC1CC(N2Cc3cnn(S(=O)(=O)C4CCCC4)c3C2)COC1c1cc(F)c(F)cc1F. The lowest BCUT2D eigenvalue weighted by molar-refractivity contribution is -0.0534. The second-order valence-corrected chi connectivity index (χ2v) is 11.0. The Hall–Kier alpha value is -1.95. The van der Waals surface area contributed by atoms with Crippen LogP contribution in [0.4, 0.5) is 13.2 Å². The van der Waals surface area contributed by atoms with Crippen molar-refractivity contribution < 1.29 is 26.3 Å². The van der Waals surface area contributed by atoms with Crippen molar-refractivity contribution in [2.24, 2.45) is 5.73 Å². The number of hydrogen-bond donors (Lipinski definition) is 1. The van der Waals surface area contributed by atoms with E-state index in [4.69, 9.17) is 10.5 Å². The number of benzene rings is 1. The molecule has 3 unspecified atom stereocenters. The minimum Gasteiger partial charge on any atom is -0.370 e. The summed E-state index contributed by atoms with van der Waals surface area (Å²) in [5, 5.41) is 3.77. The summed E-state index contributed by atoms with van der Waals surface area (Å²) in [5.41, 5.74) is 7.66. The average Bonchev–Trinajstić information content (AvgIpc) is 3.48. The fourth-order valence-corrected chi connectivity index (χ4v) is 7.00. The molecule has 1 aromatic carbocycles. The van der Waals surface area contributed by atoms with Gasteiger partial charge in [0.1, 0.15) is 11.9 Å². The van der Waals surface area contributed by atoms with Crippen LogP contribution in [0.3, 0.4) is 0 Å². The van der Waals surface area contributed by atoms with Gasteiger partial charge in [-0.2, -0.15) is 9.19 Å². The first-order valence-corrected chi connectivity index (χ1v) is 12.3. The highest BCUT2D eigenvalue weighted by atomic mass is 32.2. The Morgan fingerprint density at radius 1 is 1.06 bits per heavy atom. The smallest absolute Gasteiger partial charge is 0.256 e. The molecule has 3 heterocycles. The van der Waals surface area contributed by atoms with Gasteiger partial charge in [-0.3, -0.25) is 4.90 Å². The second kappa shape index (κ2) is 8.12. The molecule has 1 aromatic heterocycles. The predicted molar refractivity (Wildman–Crippen MR) is 109 cm³/mol. The van der Waals surface area contributed by atoms with Gasteiger partial charge in [0.05, 0.1) is 23.7 Å². The minimum atomic E-state index is -3.53. The number of nitrogens with two attached hydrogens (primary N) is 1. The molecule has 1 aliphatic carbocycles. The first kappa shape index (κ1) is 21.9. The molecule has 3 atom stereocenters. The van der Waals surface area contributed by atoms with Gasteiger partial charge in [0.15, 0.2) is 11.6 Å². The molecule has 0 spiro atoms. The molecule has 32 heavy (non-hydrogen) atoms. The summed E-state index contributed by atoms with van der Waals surface area (Å²) in [6.45, 7) is 1.12. The third-order valence-corrected chi connectivity index (χ3v) is 8.99. The lowest BCUT2D eigenvalue weighted by Crippen LogP contribution is -2.48. The topological polar surface area (TPSA) is 90.5 Å². The van der Waals surface area contributed by atoms with Crippen molar-refractivity contribution in [2.75, 3.05) is 6.61 Å². The van der Waals surface area contributed by atoms with Gasteiger partial charge in [-0.25, -0.2) is 21.6 Å². The summed E-state index contributed by atoms with van der Waals surface area (Å²) in [6.07, 6.45) is 4.31. The van der Waals surface area contributed by atoms with E-state index in [2.05, 4.69) is 10.00 Å². The van der Waals surface area contributed by atoms with Crippen molar-refractivity contribution in [3.8, 4) is 0 Å². The zero-order chi connectivity index (χ0) is 22.6. The molecule has 11 heteroatoms. The van der Waals surface area contributed by atoms with E-state index in [1.54, 1.807) is 6.20 Å². The van der Waals surface area contributed by atoms with Crippen LogP contribution in [0.5, 0.6) is 0 Å². The molecule has 2 aromatic rings. The normalized spacial score (nSPS) is 27.2. The molecule has 5 rings (SSSR count). The molecule has 2 aliphatic heterocycles. The molecule has 1 saturated heterocycles. The number of nitrogens with zero attached hydrogens (tertiary/aromatic N) is 3. The Morgan fingerprint density at radius 2 is 1.78 bits per heavy atom. The number of aromatic nitrogens is 2. The van der Waals surface area contributed by atoms with E-state index in [-0.39, 0.29) is 18.2 Å². The van der Waals surface area contributed by atoms with E-state index >= 15 is 0 Å². The Balaban J connectivity index is 1.29. The van der Waals surface area contributed by atoms with E-state index in [1.807, 2.05) is 0 Å². The summed E-state index contributed by atoms with van der Waals surface area (Å²) in [6, 6.07) is 0.546. The molecular formula is C21H25F3N4O3S. The van der Waals surface area contributed by atoms with Crippen molar-refractivity contribution in [3.05, 3.63) is 52.6 Å². The molecule has 2 fully saturated rings. The highest BCUT2D eigenvalue weighted by molar-refractivity contribution is 7.90. The van der Waals surface area contributed by atoms with Crippen molar-refractivity contribution >= 4 is 10.0 Å². The van der Waals surface area contributed by atoms with Crippen molar-refractivity contribution in [2.45, 2.75) is 68.6 Å². The summed E-state index contributed by atoms with van der Waals surface area (Å²) in [4.78, 5) is 2.07. The average molecular weight is 471 g/mol. The zero-order valence-corrected chi connectivity index (χ0v) is 18.2. The third-order valence-electron chi connectivity index (χ3n) is 6.87. The largest absolute Gasteiger partial charge is 0.370 e. The van der Waals surface area contributed by atoms with Gasteiger partial charge in [-0.05, 0) is 25.3 Å². The molecular weight excluding hydrogens is 445 g/mol. The maximum absolute atomic E-state index is 14.2. The molecule has 3 aliphatic rings. The molecule has 0 bridgehead atoms. The van der Waals surface area contributed by atoms with Crippen molar-refractivity contribution in [1.29, 1.82) is 0 Å². The summed E-state index contributed by atoms with van der Waals surface area (Å²) in [7, 11) is -3.53. The lowest BCUT2D eigenvalue weighted by Gasteiger charge is -2.38. The van der Waals surface area contributed by atoms with Crippen molar-refractivity contribution in [3.63, 3.8) is 0 Å². The standard InChI is InChI=1S/C21H25F3N4O3S/c22-16-7-18(24)17(23)6-15(16)21-19(25)5-13(11-31-21)27-9-12-8-26-28(20(12)10-27)32(29,30)14-3-1-2-4-14/h6-8,13-14,19,21H,1-5,9-11,25H2. The van der Waals surface area contributed by atoms with E-state index in [1.165, 1.54) is 4.09 Å². The number of hydrogen-bond acceptors (Lipinski definition) is 6. The Kier molecular flexibility index (Phi) is 5.55. The molecule has 1 saturated carbocycles. The van der Waals surface area contributed by atoms with Crippen LogP contribution in [-0.4, -0.2) is 46.4 Å². The van der Waals surface area contributed by atoms with Gasteiger partial charge < -0.3 is 10.5 Å². The fourth-order valence-electron chi connectivity index (χ4n) is 5.13. The first-order chi connectivity index (χ1) is 15.3. The second-order valence-electron chi connectivity index (χ2n) is 8.91. The van der Waals surface area contributed by atoms with Crippen LogP contribution in [-0.2, 0) is 27.8 Å². The van der Waals surface area contributed by atoms with Crippen LogP contribution in [0.25, 0.3) is 0 Å². The van der Waals surface area contributed by atoms with Crippen LogP contribution in [0.1, 0.15) is 55.0 Å². The van der Waals surface area contributed by atoms with Gasteiger partial charge in [-0.15, -0.1) is 0 Å². The number of halogens is 3. The summed E-state index contributed by atoms with van der Waals surface area (Å²) in [5.74, 6) is -3.30. The summed E-state index contributed by atoms with van der Waals surface area (Å²) < 4.78 is 74.1. The van der Waals surface area contributed by atoms with Gasteiger partial charge in [0, 0.05) is 42.4 Å². The number of rotatable bonds is 4. The van der Waals surface area contributed by atoms with E-state index in [9.17, 15) is 21.6 Å². The highest BCUT2D eigenvalue weighted by Gasteiger charge is 2.40. The van der Waals surface area contributed by atoms with Crippen LogP contribution < -0.4 is 5.73 Å². The Labute approximate surface area is 184 Å². The maximum Gasteiger partial charge on any atom is 0.256 e. The first-order valence-electron chi connectivity index (χ1n) is 10.8. The van der Waals surface area contributed by atoms with Gasteiger partial charge in [0.25, 0.3) is 10.0 Å². The van der Waals surface area contributed by atoms with Gasteiger partial charge in [0.2, 0.25) is 0 Å². The van der Waals surface area contributed by atoms with Crippen LogP contribution in [0.15, 0.2) is 18.3 Å². The lowest BCUT2D eigenvalue weighted by atomic mass is 9.93. The van der Waals surface area contributed by atoms with Crippen LogP contribution in [0, 0.1) is 17.5 Å². The Morgan fingerprint density at radius 3 is 2.50 bits per heavy atom. The van der Waals surface area contributed by atoms with Gasteiger partial charge >= 0.3 is 0 Å². The third kappa shape index (κ3) is 3.64. The molecule has 2 N–H and O–H groups in total. The summed E-state index contributed by atoms with van der Waals surface area (Å²) >= 11 is 0. The minimum absolute atomic E-state index is 0.0992. The number of ether oxygens (including phenoxy) is 1. The monoisotopic (exact) mass is 470 g/mol. The maximum atomic E-state index is 14.2. The molecule has 0 radical (unpaired) electrons. The van der Waals surface area contributed by atoms with E-state index in [0.717, 1.165) is 24.5 Å². The predicted octanol–water partition coefficient (Wildman–Crippen LogP) is 2.59. The fraction of sp³-hybridized carbons (Fsp3) is 0.571. The van der Waals surface area contributed by atoms with Crippen LogP contribution in [0.2, 0.25) is 0 Å². The van der Waals surface area contributed by atoms with Crippen LogP contribution >= 0.6 is 0 Å². The van der Waals surface area contributed by atoms with Crippen molar-refractivity contribution in [1.82, 2.24) is 14.1 Å². The Bertz CT molecular complexity index is 1130. The molecule has 0 amide bonds. The highest BCUT2D eigenvalue weighted by Crippen LogP contribution is 2.35. The molecule has 174 valence electrons. The number of fused-ring (bicyclic) bond motifs is 1. The zero-order valence-electron chi connectivity index (χ0n) is 17.4. The molecule has 7 nitrogen and oxygen atoms in total. The van der Waals surface area contributed by atoms with E-state index < -0.39 is 44.9 Å².